The van der Waals surface area contributed by atoms with Crippen molar-refractivity contribution < 1.29 is 28.4 Å². The molecule has 9 heteroatoms. The van der Waals surface area contributed by atoms with Crippen LogP contribution in [0.25, 0.3) is 11.0 Å². The van der Waals surface area contributed by atoms with E-state index in [2.05, 4.69) is 5.32 Å². The van der Waals surface area contributed by atoms with Gasteiger partial charge in [0.1, 0.15) is 17.1 Å². The molecule has 4 rings (SSSR count). The number of rotatable bonds is 8. The number of nitrogens with one attached hydrogen (secondary N) is 1. The fraction of sp³-hybridized carbons (Fsp3) is 0.0833. The number of nitro groups is 1. The summed E-state index contributed by atoms with van der Waals surface area (Å²) in [5.41, 5.74) is 0.968. The molecule has 0 bridgehead atoms. The van der Waals surface area contributed by atoms with E-state index in [1.165, 1.54) is 31.4 Å². The van der Waals surface area contributed by atoms with Crippen LogP contribution in [0.15, 0.2) is 77.2 Å². The average molecular weight is 446 g/mol. The van der Waals surface area contributed by atoms with Gasteiger partial charge in [-0.25, -0.2) is 0 Å². The second-order valence-electron chi connectivity index (χ2n) is 6.95. The number of ketones is 1. The van der Waals surface area contributed by atoms with Crippen LogP contribution < -0.4 is 14.8 Å². The molecule has 3 aromatic carbocycles. The smallest absolute Gasteiger partial charge is 0.269 e. The molecule has 0 fully saturated rings. The van der Waals surface area contributed by atoms with E-state index in [0.717, 1.165) is 0 Å². The second-order valence-corrected chi connectivity index (χ2v) is 6.95. The maximum atomic E-state index is 13.1. The summed E-state index contributed by atoms with van der Waals surface area (Å²) in [5, 5.41) is 14.0. The van der Waals surface area contributed by atoms with Gasteiger partial charge in [0.25, 0.3) is 11.6 Å². The summed E-state index contributed by atoms with van der Waals surface area (Å²) in [4.78, 5) is 35.9. The van der Waals surface area contributed by atoms with Crippen molar-refractivity contribution in [2.24, 2.45) is 0 Å². The van der Waals surface area contributed by atoms with Crippen molar-refractivity contribution in [3.05, 3.63) is 94.2 Å². The second kappa shape index (κ2) is 9.23. The minimum Gasteiger partial charge on any atom is -0.497 e. The molecule has 0 unspecified atom stereocenters. The lowest BCUT2D eigenvalue weighted by Crippen LogP contribution is -2.21. The van der Waals surface area contributed by atoms with Gasteiger partial charge in [0.15, 0.2) is 12.4 Å². The molecular formula is C24H18N2O7. The minimum absolute atomic E-state index is 0.00921. The molecule has 1 aromatic heterocycles. The summed E-state index contributed by atoms with van der Waals surface area (Å²) >= 11 is 0. The monoisotopic (exact) mass is 446 g/mol. The standard InChI is InChI=1S/C24H18N2O7/c1-31-17-10-6-15(7-11-17)23(28)24-22(19-4-2-3-5-20(19)33-24)25-21(27)14-32-18-12-8-16(9-13-18)26(29)30/h2-13H,14H2,1H3,(H,25,27). The number of fused-ring (bicyclic) bond motifs is 1. The lowest BCUT2D eigenvalue weighted by molar-refractivity contribution is -0.384. The molecule has 1 amide bonds. The van der Waals surface area contributed by atoms with Crippen LogP contribution in [0.4, 0.5) is 11.4 Å². The van der Waals surface area contributed by atoms with Crippen molar-refractivity contribution >= 4 is 34.0 Å². The fourth-order valence-corrected chi connectivity index (χ4v) is 3.19. The van der Waals surface area contributed by atoms with Gasteiger partial charge in [-0.05, 0) is 48.5 Å². The number of carbonyl (C=O) groups is 2. The predicted octanol–water partition coefficient (Wildman–Crippen LogP) is 4.60. The number of non-ortho nitro benzene ring substituents is 1. The first kappa shape index (κ1) is 21.6. The van der Waals surface area contributed by atoms with Gasteiger partial charge in [0.05, 0.1) is 17.7 Å². The molecule has 0 aliphatic heterocycles. The quantitative estimate of drug-likeness (QED) is 0.238. The van der Waals surface area contributed by atoms with Crippen LogP contribution in [0.1, 0.15) is 16.1 Å². The first-order valence-corrected chi connectivity index (χ1v) is 9.83. The number of hydrogen-bond donors (Lipinski definition) is 1. The summed E-state index contributed by atoms with van der Waals surface area (Å²) in [6, 6.07) is 18.9. The molecule has 9 nitrogen and oxygen atoms in total. The summed E-state index contributed by atoms with van der Waals surface area (Å²) in [5.74, 6) is -0.0374. The zero-order valence-electron chi connectivity index (χ0n) is 17.4. The third-order valence-corrected chi connectivity index (χ3v) is 4.84. The number of ether oxygens (including phenoxy) is 2. The summed E-state index contributed by atoms with van der Waals surface area (Å²) < 4.78 is 16.3. The summed E-state index contributed by atoms with van der Waals surface area (Å²) in [6.45, 7) is -0.368. The first-order valence-electron chi connectivity index (χ1n) is 9.83. The highest BCUT2D eigenvalue weighted by Gasteiger charge is 2.23. The van der Waals surface area contributed by atoms with Crippen LogP contribution in [0.2, 0.25) is 0 Å². The van der Waals surface area contributed by atoms with E-state index in [1.54, 1.807) is 48.5 Å². The molecule has 0 atom stereocenters. The molecule has 1 N–H and O–H groups in total. The number of nitrogens with zero attached hydrogens (tertiary/aromatic N) is 1. The van der Waals surface area contributed by atoms with Crippen molar-refractivity contribution in [1.29, 1.82) is 0 Å². The number of para-hydroxylation sites is 1. The molecule has 0 saturated carbocycles. The zero-order valence-corrected chi connectivity index (χ0v) is 17.4. The largest absolute Gasteiger partial charge is 0.497 e. The third-order valence-electron chi connectivity index (χ3n) is 4.84. The van der Waals surface area contributed by atoms with Gasteiger partial charge >= 0.3 is 0 Å². The average Bonchev–Trinajstić information content (AvgIpc) is 3.21. The Bertz CT molecular complexity index is 1330. The Kier molecular flexibility index (Phi) is 6.03. The number of amides is 1. The van der Waals surface area contributed by atoms with Crippen molar-refractivity contribution in [2.75, 3.05) is 19.0 Å². The van der Waals surface area contributed by atoms with E-state index in [1.807, 2.05) is 0 Å². The normalized spacial score (nSPS) is 10.6. The number of carbonyl (C=O) groups excluding carboxylic acids is 2. The lowest BCUT2D eigenvalue weighted by atomic mass is 10.1. The number of nitro benzene ring substituents is 1. The molecule has 0 spiro atoms. The Morgan fingerprint density at radius 2 is 1.64 bits per heavy atom. The molecule has 0 aliphatic rings. The van der Waals surface area contributed by atoms with Crippen LogP contribution in [0, 0.1) is 10.1 Å². The number of methoxy groups -OCH3 is 1. The highest BCUT2D eigenvalue weighted by molar-refractivity contribution is 6.17. The summed E-state index contributed by atoms with van der Waals surface area (Å²) in [6.07, 6.45) is 0. The maximum absolute atomic E-state index is 13.1. The Hall–Kier alpha value is -4.66. The zero-order chi connectivity index (χ0) is 23.4. The van der Waals surface area contributed by atoms with E-state index in [4.69, 9.17) is 13.9 Å². The Morgan fingerprint density at radius 1 is 0.970 bits per heavy atom. The highest BCUT2D eigenvalue weighted by atomic mass is 16.6. The van der Waals surface area contributed by atoms with Gasteiger partial charge in [-0.1, -0.05) is 12.1 Å². The fourth-order valence-electron chi connectivity index (χ4n) is 3.19. The molecule has 4 aromatic rings. The van der Waals surface area contributed by atoms with Gasteiger partial charge in [0.2, 0.25) is 5.78 Å². The van der Waals surface area contributed by atoms with Crippen molar-refractivity contribution in [3.63, 3.8) is 0 Å². The van der Waals surface area contributed by atoms with Gasteiger partial charge < -0.3 is 19.2 Å². The molecular weight excluding hydrogens is 428 g/mol. The molecule has 0 aliphatic carbocycles. The summed E-state index contributed by atoms with van der Waals surface area (Å²) in [7, 11) is 1.53. The van der Waals surface area contributed by atoms with Gasteiger partial charge in [0, 0.05) is 23.1 Å². The highest BCUT2D eigenvalue weighted by Crippen LogP contribution is 2.32. The van der Waals surface area contributed by atoms with E-state index in [9.17, 15) is 19.7 Å². The third kappa shape index (κ3) is 4.67. The van der Waals surface area contributed by atoms with Crippen LogP contribution in [-0.2, 0) is 4.79 Å². The van der Waals surface area contributed by atoms with Gasteiger partial charge in [-0.3, -0.25) is 19.7 Å². The van der Waals surface area contributed by atoms with Crippen LogP contribution in [-0.4, -0.2) is 30.3 Å². The Balaban J connectivity index is 1.55. The van der Waals surface area contributed by atoms with Gasteiger partial charge in [-0.15, -0.1) is 0 Å². The molecule has 33 heavy (non-hydrogen) atoms. The minimum atomic E-state index is -0.526. The maximum Gasteiger partial charge on any atom is 0.269 e. The van der Waals surface area contributed by atoms with E-state index >= 15 is 0 Å². The number of hydrogen-bond acceptors (Lipinski definition) is 7. The van der Waals surface area contributed by atoms with E-state index in [-0.39, 0.29) is 23.7 Å². The van der Waals surface area contributed by atoms with Crippen LogP contribution >= 0.6 is 0 Å². The topological polar surface area (TPSA) is 121 Å². The molecule has 0 radical (unpaired) electrons. The first-order chi connectivity index (χ1) is 16.0. The van der Waals surface area contributed by atoms with E-state index < -0.39 is 16.6 Å². The van der Waals surface area contributed by atoms with E-state index in [0.29, 0.717) is 28.0 Å². The molecule has 0 saturated heterocycles. The van der Waals surface area contributed by atoms with Crippen molar-refractivity contribution in [1.82, 2.24) is 0 Å². The van der Waals surface area contributed by atoms with Crippen molar-refractivity contribution in [3.8, 4) is 11.5 Å². The molecule has 166 valence electrons. The lowest BCUT2D eigenvalue weighted by Gasteiger charge is -2.08. The Morgan fingerprint density at radius 3 is 2.30 bits per heavy atom. The molecule has 1 heterocycles. The predicted molar refractivity (Wildman–Crippen MR) is 120 cm³/mol. The SMILES string of the molecule is COc1ccc(C(=O)c2oc3ccccc3c2NC(=O)COc2ccc([N+](=O)[O-])cc2)cc1. The van der Waals surface area contributed by atoms with Gasteiger partial charge in [-0.2, -0.15) is 0 Å². The van der Waals surface area contributed by atoms with Crippen LogP contribution in [0.3, 0.4) is 0 Å². The van der Waals surface area contributed by atoms with Crippen molar-refractivity contribution in [2.45, 2.75) is 0 Å². The number of furan rings is 1. The number of anilines is 1. The Labute approximate surface area is 187 Å². The van der Waals surface area contributed by atoms with Crippen LogP contribution in [0.5, 0.6) is 11.5 Å². The number of benzene rings is 3.